The minimum atomic E-state index is -2.47. The van der Waals surface area contributed by atoms with Crippen LogP contribution >= 0.6 is 0 Å². The lowest BCUT2D eigenvalue weighted by atomic mass is 9.70. The van der Waals surface area contributed by atoms with Crippen LogP contribution in [0, 0.1) is 10.8 Å². The Morgan fingerprint density at radius 3 is 2.20 bits per heavy atom. The largest absolute Gasteiger partial charge is 0.466 e. The van der Waals surface area contributed by atoms with E-state index in [0.29, 0.717) is 12.0 Å². The summed E-state index contributed by atoms with van der Waals surface area (Å²) >= 11 is 0. The zero-order valence-electron chi connectivity index (χ0n) is 39.9. The highest BCUT2D eigenvalue weighted by atomic mass is 16.7. The van der Waals surface area contributed by atoms with Gasteiger partial charge >= 0.3 is 29.8 Å². The lowest BCUT2D eigenvalue weighted by Gasteiger charge is -2.53. The van der Waals surface area contributed by atoms with Gasteiger partial charge in [0.1, 0.15) is 12.2 Å². The summed E-state index contributed by atoms with van der Waals surface area (Å²) in [6.07, 6.45) is 3.27. The van der Waals surface area contributed by atoms with Crippen LogP contribution in [0.5, 0.6) is 0 Å². The molecule has 4 aliphatic rings. The number of aliphatic hydroxyl groups is 4. The number of aliphatic hydroxyl groups excluding tert-OH is 2. The highest BCUT2D eigenvalue weighted by molar-refractivity contribution is 5.85. The molecule has 370 valence electrons. The van der Waals surface area contributed by atoms with E-state index >= 15 is 0 Å². The molecule has 17 heteroatoms. The first-order valence-corrected chi connectivity index (χ1v) is 23.0. The third kappa shape index (κ3) is 14.2. The fourth-order valence-electron chi connectivity index (χ4n) is 8.79. The molecule has 0 aromatic rings. The summed E-state index contributed by atoms with van der Waals surface area (Å²) in [4.78, 5) is 65.4. The van der Waals surface area contributed by atoms with Crippen molar-refractivity contribution in [3.8, 4) is 0 Å². The van der Waals surface area contributed by atoms with Gasteiger partial charge < -0.3 is 58.3 Å². The molecule has 0 spiro atoms. The molecule has 4 heterocycles. The number of allylic oxidation sites excluding steroid dienone is 3. The fraction of sp³-hybridized carbons (Fsp3) is 0.694. The second-order valence-corrected chi connectivity index (χ2v) is 18.9. The van der Waals surface area contributed by atoms with E-state index in [-0.39, 0.29) is 56.9 Å². The smallest absolute Gasteiger partial charge is 0.331 e. The fourth-order valence-corrected chi connectivity index (χ4v) is 8.79. The number of ether oxygens (including phenoxy) is 8. The third-order valence-corrected chi connectivity index (χ3v) is 12.8. The maximum atomic E-state index is 13.5. The van der Waals surface area contributed by atoms with Crippen molar-refractivity contribution in [1.29, 1.82) is 0 Å². The van der Waals surface area contributed by atoms with Crippen LogP contribution < -0.4 is 0 Å². The summed E-state index contributed by atoms with van der Waals surface area (Å²) in [5.74, 6) is -8.19. The minimum absolute atomic E-state index is 0.0819. The molecular weight excluding hydrogens is 861 g/mol. The van der Waals surface area contributed by atoms with Gasteiger partial charge in [-0.2, -0.15) is 0 Å². The lowest BCUT2D eigenvalue weighted by molar-refractivity contribution is -0.348. The number of rotatable bonds is 11. The lowest BCUT2D eigenvalue weighted by Crippen LogP contribution is -2.62. The van der Waals surface area contributed by atoms with Crippen LogP contribution in [-0.4, -0.2) is 131 Å². The van der Waals surface area contributed by atoms with Crippen LogP contribution in [0.15, 0.2) is 59.8 Å². The third-order valence-electron chi connectivity index (χ3n) is 12.8. The van der Waals surface area contributed by atoms with Gasteiger partial charge in [-0.25, -0.2) is 14.4 Å². The van der Waals surface area contributed by atoms with E-state index in [0.717, 1.165) is 26.0 Å². The number of carbonyl (C=O) groups excluding carboxylic acids is 5. The molecule has 3 saturated heterocycles. The summed E-state index contributed by atoms with van der Waals surface area (Å²) < 4.78 is 47.1. The van der Waals surface area contributed by atoms with Crippen LogP contribution in [0.4, 0.5) is 0 Å². The average Bonchev–Trinajstić information content (AvgIpc) is 3.22. The Balaban J connectivity index is 1.89. The summed E-state index contributed by atoms with van der Waals surface area (Å²) in [5.41, 5.74) is -2.05. The molecule has 0 aliphatic carbocycles. The molecule has 0 radical (unpaired) electrons. The van der Waals surface area contributed by atoms with Crippen molar-refractivity contribution in [3.63, 3.8) is 0 Å². The number of esters is 5. The molecule has 0 saturated carbocycles. The summed E-state index contributed by atoms with van der Waals surface area (Å²) in [6.45, 7) is 11.9. The number of cyclic esters (lactones) is 1. The SMILES string of the molecule is CCC/C=C/C=C/C(=O)O[C@H]1/C(=C/C(=O)OC)C[C@H]2C[C@H]([C@@H](C)O)OC(=O)C[C@H](O)C[C@@H]3C[C@H](OC(=O)CCC)C(C)(C)[C@](O)(C[C@@H]4C/C(=C/C(=O)OC)C[C@H](/C=C/C(C)(C)[C@]1(O)O2)O4)O3. The van der Waals surface area contributed by atoms with Crippen LogP contribution in [0.2, 0.25) is 0 Å². The molecule has 0 unspecified atom stereocenters. The van der Waals surface area contributed by atoms with Gasteiger partial charge in [-0.3, -0.25) is 9.59 Å². The van der Waals surface area contributed by atoms with Crippen molar-refractivity contribution in [2.45, 2.75) is 192 Å². The Kier molecular flexibility index (Phi) is 19.5. The number of fused-ring (bicyclic) bond motifs is 6. The van der Waals surface area contributed by atoms with Crippen LogP contribution in [0.25, 0.3) is 0 Å². The van der Waals surface area contributed by atoms with E-state index in [1.165, 1.54) is 32.3 Å². The summed E-state index contributed by atoms with van der Waals surface area (Å²) in [6, 6.07) is 0. The minimum Gasteiger partial charge on any atom is -0.466 e. The Morgan fingerprint density at radius 1 is 0.848 bits per heavy atom. The second-order valence-electron chi connectivity index (χ2n) is 18.9. The van der Waals surface area contributed by atoms with E-state index in [1.807, 2.05) is 19.9 Å². The first-order chi connectivity index (χ1) is 31.0. The normalized spacial score (nSPS) is 35.1. The highest BCUT2D eigenvalue weighted by Crippen LogP contribution is 2.50. The molecule has 4 rings (SSSR count). The van der Waals surface area contributed by atoms with Gasteiger partial charge in [0.2, 0.25) is 5.79 Å². The van der Waals surface area contributed by atoms with Crippen LogP contribution in [0.1, 0.15) is 126 Å². The Labute approximate surface area is 388 Å². The van der Waals surface area contributed by atoms with Gasteiger partial charge in [0.25, 0.3) is 0 Å². The molecule has 17 nitrogen and oxygen atoms in total. The number of carbonyl (C=O) groups is 5. The van der Waals surface area contributed by atoms with Crippen LogP contribution in [-0.2, 0) is 61.9 Å². The van der Waals surface area contributed by atoms with Gasteiger partial charge in [-0.15, -0.1) is 0 Å². The predicted octanol–water partition coefficient (Wildman–Crippen LogP) is 5.06. The van der Waals surface area contributed by atoms with E-state index in [9.17, 15) is 44.4 Å². The molecule has 6 bridgehead atoms. The van der Waals surface area contributed by atoms with Gasteiger partial charge in [-0.1, -0.05) is 83.9 Å². The maximum Gasteiger partial charge on any atom is 0.331 e. The standard InChI is InChI=1S/C49H72O17/c1-10-12-13-14-15-17-41(53)64-45-32(24-43(55)60-9)23-35-27-38(30(3)50)62-44(56)26-33(51)25-36-28-39(63-40(52)16-11-2)47(6,7)48(57,65-36)29-37-21-31(22-42(54)59-8)20-34(61-37)18-19-46(4,5)49(45,58)66-35/h13-15,17-19,22,24,30,33-39,45,50-51,57-58H,10-12,16,20-21,23,25-29H2,1-9H3/b14-13+,17-15+,19-18+,31-22+,32-24+/t30-,33-,34+,35+,36-,37+,38-,39+,45+,48+,49-/m1/s1. The van der Waals surface area contributed by atoms with Gasteiger partial charge in [0, 0.05) is 55.7 Å². The number of methoxy groups -OCH3 is 2. The topological polar surface area (TPSA) is 240 Å². The van der Waals surface area contributed by atoms with E-state index < -0.39 is 114 Å². The molecule has 4 aliphatic heterocycles. The Bertz CT molecular complexity index is 1860. The first-order valence-electron chi connectivity index (χ1n) is 23.0. The second kappa shape index (κ2) is 23.7. The highest BCUT2D eigenvalue weighted by Gasteiger charge is 2.59. The average molecular weight is 933 g/mol. The van der Waals surface area contributed by atoms with E-state index in [1.54, 1.807) is 45.9 Å². The van der Waals surface area contributed by atoms with Crippen molar-refractivity contribution >= 4 is 29.8 Å². The quantitative estimate of drug-likeness (QED) is 0.0696. The summed E-state index contributed by atoms with van der Waals surface area (Å²) in [7, 11) is 2.41. The molecular formula is C49H72O17. The van der Waals surface area contributed by atoms with Crippen molar-refractivity contribution in [3.05, 3.63) is 59.8 Å². The molecule has 0 aromatic heterocycles. The first kappa shape index (κ1) is 54.4. The number of hydrogen-bond donors (Lipinski definition) is 4. The van der Waals surface area contributed by atoms with Crippen molar-refractivity contribution in [2.75, 3.05) is 14.2 Å². The van der Waals surface area contributed by atoms with Crippen molar-refractivity contribution < 1.29 is 82.3 Å². The summed E-state index contributed by atoms with van der Waals surface area (Å²) in [5, 5.41) is 47.8. The number of unbranched alkanes of at least 4 members (excludes halogenated alkanes) is 1. The Hall–Kier alpha value is -4.23. The molecule has 3 fully saturated rings. The van der Waals surface area contributed by atoms with Gasteiger partial charge in [0.15, 0.2) is 11.9 Å². The zero-order chi connectivity index (χ0) is 49.0. The van der Waals surface area contributed by atoms with Gasteiger partial charge in [0.05, 0.1) is 62.7 Å². The van der Waals surface area contributed by atoms with E-state index in [4.69, 9.17) is 37.9 Å². The monoisotopic (exact) mass is 932 g/mol. The molecule has 66 heavy (non-hydrogen) atoms. The van der Waals surface area contributed by atoms with Crippen LogP contribution in [0.3, 0.4) is 0 Å². The Morgan fingerprint density at radius 2 is 1.55 bits per heavy atom. The molecule has 0 aromatic carbocycles. The predicted molar refractivity (Wildman–Crippen MR) is 238 cm³/mol. The zero-order valence-corrected chi connectivity index (χ0v) is 39.9. The maximum absolute atomic E-state index is 13.5. The molecule has 4 N–H and O–H groups in total. The van der Waals surface area contributed by atoms with Gasteiger partial charge in [-0.05, 0) is 44.6 Å². The number of hydrogen-bond acceptors (Lipinski definition) is 17. The van der Waals surface area contributed by atoms with Crippen molar-refractivity contribution in [1.82, 2.24) is 0 Å². The van der Waals surface area contributed by atoms with Crippen molar-refractivity contribution in [2.24, 2.45) is 10.8 Å². The van der Waals surface area contributed by atoms with E-state index in [2.05, 4.69) is 0 Å². The molecule has 11 atom stereocenters. The molecule has 0 amide bonds.